The Labute approximate surface area is 112 Å². The Bertz CT molecular complexity index is 449. The van der Waals surface area contributed by atoms with Crippen LogP contribution >= 0.6 is 0 Å². The minimum absolute atomic E-state index is 0.102. The van der Waals surface area contributed by atoms with Gasteiger partial charge in [-0.15, -0.1) is 0 Å². The number of carbonyl (C=O) groups excluding carboxylic acids is 2. The van der Waals surface area contributed by atoms with Gasteiger partial charge in [0.05, 0.1) is 0 Å². The number of amides is 2. The Balaban J connectivity index is 2.43. The number of para-hydroxylation sites is 1. The Morgan fingerprint density at radius 1 is 1.37 bits per heavy atom. The third kappa shape index (κ3) is 5.39. The number of ether oxygens (including phenoxy) is 1. The smallest absolute Gasteiger partial charge is 0.258 e. The molecule has 1 atom stereocenters. The van der Waals surface area contributed by atoms with Gasteiger partial charge in [-0.05, 0) is 13.0 Å². The molecule has 0 fully saturated rings. The molecule has 6 nitrogen and oxygen atoms in total. The highest BCUT2D eigenvalue weighted by molar-refractivity contribution is 5.79. The fourth-order valence-electron chi connectivity index (χ4n) is 1.63. The minimum Gasteiger partial charge on any atom is -0.483 e. The van der Waals surface area contributed by atoms with E-state index in [0.29, 0.717) is 12.3 Å². The number of carbonyl (C=O) groups is 2. The van der Waals surface area contributed by atoms with E-state index in [1.807, 2.05) is 18.2 Å². The van der Waals surface area contributed by atoms with E-state index < -0.39 is 5.91 Å². The average molecular weight is 265 g/mol. The summed E-state index contributed by atoms with van der Waals surface area (Å²) in [5.74, 6) is -0.175. The van der Waals surface area contributed by atoms with E-state index in [-0.39, 0.29) is 25.0 Å². The summed E-state index contributed by atoms with van der Waals surface area (Å²) in [5.41, 5.74) is 11.4. The van der Waals surface area contributed by atoms with Crippen LogP contribution in [0.3, 0.4) is 0 Å². The molecule has 0 saturated carbocycles. The molecule has 0 saturated heterocycles. The predicted octanol–water partition coefficient (Wildman–Crippen LogP) is -0.0958. The lowest BCUT2D eigenvalue weighted by molar-refractivity contribution is -0.124. The van der Waals surface area contributed by atoms with Crippen LogP contribution in [-0.2, 0) is 16.1 Å². The van der Waals surface area contributed by atoms with Gasteiger partial charge < -0.3 is 21.5 Å². The zero-order chi connectivity index (χ0) is 14.3. The van der Waals surface area contributed by atoms with Crippen molar-refractivity contribution in [2.45, 2.75) is 25.9 Å². The average Bonchev–Trinajstić information content (AvgIpc) is 2.35. The Hall–Kier alpha value is -2.08. The largest absolute Gasteiger partial charge is 0.483 e. The van der Waals surface area contributed by atoms with Gasteiger partial charge in [0.2, 0.25) is 5.91 Å². The first kappa shape index (κ1) is 15.0. The van der Waals surface area contributed by atoms with E-state index >= 15 is 0 Å². The topological polar surface area (TPSA) is 107 Å². The number of nitrogens with one attached hydrogen (secondary N) is 1. The van der Waals surface area contributed by atoms with Gasteiger partial charge >= 0.3 is 0 Å². The summed E-state index contributed by atoms with van der Waals surface area (Å²) < 4.78 is 5.39. The maximum Gasteiger partial charge on any atom is 0.258 e. The fraction of sp³-hybridized carbons (Fsp3) is 0.385. The zero-order valence-corrected chi connectivity index (χ0v) is 10.9. The molecular formula is C13H19N3O3. The van der Waals surface area contributed by atoms with Crippen LogP contribution in [0.1, 0.15) is 18.9 Å². The van der Waals surface area contributed by atoms with E-state index in [0.717, 1.165) is 5.56 Å². The van der Waals surface area contributed by atoms with Gasteiger partial charge in [0.15, 0.2) is 6.61 Å². The van der Waals surface area contributed by atoms with Crippen molar-refractivity contribution in [1.29, 1.82) is 0 Å². The molecule has 0 aliphatic heterocycles. The van der Waals surface area contributed by atoms with Crippen molar-refractivity contribution < 1.29 is 14.3 Å². The van der Waals surface area contributed by atoms with E-state index in [1.165, 1.54) is 0 Å². The first-order valence-corrected chi connectivity index (χ1v) is 6.01. The number of rotatable bonds is 7. The van der Waals surface area contributed by atoms with Crippen LogP contribution in [-0.4, -0.2) is 24.5 Å². The Kier molecular flexibility index (Phi) is 5.81. The molecule has 5 N–H and O–H groups in total. The van der Waals surface area contributed by atoms with Crippen molar-refractivity contribution in [2.24, 2.45) is 11.5 Å². The highest BCUT2D eigenvalue weighted by Crippen LogP contribution is 2.16. The SMILES string of the molecule is CC(CC(N)=O)NC(=O)COc1ccccc1CN. The molecule has 1 unspecified atom stereocenters. The van der Waals surface area contributed by atoms with Gasteiger partial charge in [-0.2, -0.15) is 0 Å². The van der Waals surface area contributed by atoms with Crippen molar-refractivity contribution in [1.82, 2.24) is 5.32 Å². The summed E-state index contributed by atoms with van der Waals surface area (Å²) in [5, 5.41) is 2.62. The third-order valence-electron chi connectivity index (χ3n) is 2.47. The van der Waals surface area contributed by atoms with Crippen molar-refractivity contribution in [3.8, 4) is 5.75 Å². The molecule has 6 heteroatoms. The third-order valence-corrected chi connectivity index (χ3v) is 2.47. The molecule has 0 bridgehead atoms. The fourth-order valence-corrected chi connectivity index (χ4v) is 1.63. The number of benzene rings is 1. The second-order valence-corrected chi connectivity index (χ2v) is 4.24. The molecule has 19 heavy (non-hydrogen) atoms. The van der Waals surface area contributed by atoms with E-state index in [4.69, 9.17) is 16.2 Å². The van der Waals surface area contributed by atoms with Crippen molar-refractivity contribution in [2.75, 3.05) is 6.61 Å². The van der Waals surface area contributed by atoms with Gasteiger partial charge in [0.25, 0.3) is 5.91 Å². The zero-order valence-electron chi connectivity index (χ0n) is 10.9. The van der Waals surface area contributed by atoms with Crippen molar-refractivity contribution in [3.63, 3.8) is 0 Å². The summed E-state index contributed by atoms with van der Waals surface area (Å²) in [6, 6.07) is 6.94. The van der Waals surface area contributed by atoms with E-state index in [2.05, 4.69) is 5.32 Å². The quantitative estimate of drug-likeness (QED) is 0.640. The summed E-state index contributed by atoms with van der Waals surface area (Å²) in [4.78, 5) is 22.3. The molecule has 0 spiro atoms. The van der Waals surface area contributed by atoms with Crippen LogP contribution in [0, 0.1) is 0 Å². The summed E-state index contributed by atoms with van der Waals surface area (Å²) >= 11 is 0. The maximum atomic E-state index is 11.6. The van der Waals surface area contributed by atoms with Gasteiger partial charge in [-0.3, -0.25) is 9.59 Å². The normalized spacial score (nSPS) is 11.7. The molecule has 0 aromatic heterocycles. The van der Waals surface area contributed by atoms with Crippen LogP contribution < -0.4 is 21.5 Å². The molecule has 104 valence electrons. The van der Waals surface area contributed by atoms with Crippen LogP contribution in [0.15, 0.2) is 24.3 Å². The highest BCUT2D eigenvalue weighted by atomic mass is 16.5. The Morgan fingerprint density at radius 2 is 2.05 bits per heavy atom. The van der Waals surface area contributed by atoms with Gasteiger partial charge in [0.1, 0.15) is 5.75 Å². The van der Waals surface area contributed by atoms with Crippen LogP contribution in [0.2, 0.25) is 0 Å². The number of primary amides is 1. The monoisotopic (exact) mass is 265 g/mol. The number of hydrogen-bond donors (Lipinski definition) is 3. The summed E-state index contributed by atoms with van der Waals surface area (Å²) in [7, 11) is 0. The Morgan fingerprint density at radius 3 is 2.68 bits per heavy atom. The molecule has 0 heterocycles. The van der Waals surface area contributed by atoms with Crippen molar-refractivity contribution in [3.05, 3.63) is 29.8 Å². The van der Waals surface area contributed by atoms with Gasteiger partial charge in [0, 0.05) is 24.6 Å². The molecule has 2 amide bonds. The van der Waals surface area contributed by atoms with E-state index in [9.17, 15) is 9.59 Å². The summed E-state index contributed by atoms with van der Waals surface area (Å²) in [6.45, 7) is 1.92. The minimum atomic E-state index is -0.456. The second-order valence-electron chi connectivity index (χ2n) is 4.24. The first-order valence-electron chi connectivity index (χ1n) is 6.01. The second kappa shape index (κ2) is 7.38. The highest BCUT2D eigenvalue weighted by Gasteiger charge is 2.11. The summed E-state index contributed by atoms with van der Waals surface area (Å²) in [6.07, 6.45) is 0.102. The lowest BCUT2D eigenvalue weighted by Gasteiger charge is -2.13. The predicted molar refractivity (Wildman–Crippen MR) is 71.2 cm³/mol. The molecule has 1 aromatic carbocycles. The van der Waals surface area contributed by atoms with Gasteiger partial charge in [-0.1, -0.05) is 18.2 Å². The lowest BCUT2D eigenvalue weighted by atomic mass is 10.2. The van der Waals surface area contributed by atoms with E-state index in [1.54, 1.807) is 13.0 Å². The van der Waals surface area contributed by atoms with Crippen LogP contribution in [0.4, 0.5) is 0 Å². The molecule has 0 aliphatic carbocycles. The molecule has 0 radical (unpaired) electrons. The lowest BCUT2D eigenvalue weighted by Crippen LogP contribution is -2.38. The number of hydrogen-bond acceptors (Lipinski definition) is 4. The maximum absolute atomic E-state index is 11.6. The molecule has 0 aliphatic rings. The van der Waals surface area contributed by atoms with Gasteiger partial charge in [-0.25, -0.2) is 0 Å². The standard InChI is InChI=1S/C13H19N3O3/c1-9(6-12(15)17)16-13(18)8-19-11-5-3-2-4-10(11)7-14/h2-5,9H,6-8,14H2,1H3,(H2,15,17)(H,16,18). The first-order chi connectivity index (χ1) is 9.02. The molecule has 1 aromatic rings. The van der Waals surface area contributed by atoms with Crippen LogP contribution in [0.25, 0.3) is 0 Å². The van der Waals surface area contributed by atoms with Crippen LogP contribution in [0.5, 0.6) is 5.75 Å². The number of nitrogens with two attached hydrogens (primary N) is 2. The van der Waals surface area contributed by atoms with Crippen molar-refractivity contribution >= 4 is 11.8 Å². The molecule has 1 rings (SSSR count). The molecular weight excluding hydrogens is 246 g/mol.